The quantitative estimate of drug-likeness (QED) is 0.692. The predicted molar refractivity (Wildman–Crippen MR) is 65.3 cm³/mol. The van der Waals surface area contributed by atoms with E-state index >= 15 is 0 Å². The number of fused-ring (bicyclic) bond motifs is 1. The summed E-state index contributed by atoms with van der Waals surface area (Å²) in [5.41, 5.74) is 1.84. The third-order valence-electron chi connectivity index (χ3n) is 2.71. The average molecular weight is 225 g/mol. The second kappa shape index (κ2) is 3.59. The molecule has 0 saturated heterocycles. The molecule has 0 fully saturated rings. The minimum atomic E-state index is 0.152. The molecule has 1 aromatic carbocycles. The monoisotopic (exact) mass is 225 g/mol. The molecule has 0 aliphatic carbocycles. The Morgan fingerprint density at radius 2 is 1.94 bits per heavy atom. The van der Waals surface area contributed by atoms with Crippen LogP contribution in [0.4, 0.5) is 0 Å². The summed E-state index contributed by atoms with van der Waals surface area (Å²) in [6.45, 7) is 1.90. The van der Waals surface area contributed by atoms with Crippen LogP contribution in [0.2, 0.25) is 0 Å². The number of benzene rings is 1. The molecule has 0 spiro atoms. The van der Waals surface area contributed by atoms with Crippen LogP contribution in [0, 0.1) is 6.92 Å². The van der Waals surface area contributed by atoms with Crippen molar-refractivity contribution in [3.8, 4) is 11.6 Å². The van der Waals surface area contributed by atoms with E-state index in [1.165, 1.54) is 0 Å². The zero-order valence-electron chi connectivity index (χ0n) is 9.33. The Bertz CT molecular complexity index is 688. The van der Waals surface area contributed by atoms with Gasteiger partial charge in [0.25, 0.3) is 0 Å². The Balaban J connectivity index is 2.38. The van der Waals surface area contributed by atoms with E-state index in [1.807, 2.05) is 35.8 Å². The SMILES string of the molecule is Cc1nc2ccccc2n1-c1ncccc1O. The van der Waals surface area contributed by atoms with Crippen molar-refractivity contribution >= 4 is 11.0 Å². The standard InChI is InChI=1S/C13H11N3O/c1-9-15-10-5-2-3-6-11(10)16(9)13-12(17)7-4-8-14-13/h2-8,17H,1H3. The van der Waals surface area contributed by atoms with Crippen molar-refractivity contribution in [2.75, 3.05) is 0 Å². The van der Waals surface area contributed by atoms with E-state index in [-0.39, 0.29) is 5.75 Å². The lowest BCUT2D eigenvalue weighted by Gasteiger charge is -2.06. The molecule has 0 radical (unpaired) electrons. The Kier molecular flexibility index (Phi) is 2.08. The van der Waals surface area contributed by atoms with Crippen molar-refractivity contribution in [2.45, 2.75) is 6.92 Å². The van der Waals surface area contributed by atoms with Gasteiger partial charge in [-0.05, 0) is 31.2 Å². The third kappa shape index (κ3) is 1.45. The number of aromatic nitrogens is 3. The van der Waals surface area contributed by atoms with Crippen LogP contribution in [0.1, 0.15) is 5.82 Å². The number of aromatic hydroxyl groups is 1. The van der Waals surface area contributed by atoms with Gasteiger partial charge in [-0.25, -0.2) is 9.97 Å². The molecule has 3 aromatic rings. The maximum absolute atomic E-state index is 9.86. The van der Waals surface area contributed by atoms with E-state index in [0.717, 1.165) is 16.9 Å². The van der Waals surface area contributed by atoms with Gasteiger partial charge >= 0.3 is 0 Å². The second-order valence-corrected chi connectivity index (χ2v) is 3.83. The average Bonchev–Trinajstić information content (AvgIpc) is 2.66. The highest BCUT2D eigenvalue weighted by atomic mass is 16.3. The van der Waals surface area contributed by atoms with Crippen LogP contribution in [0.5, 0.6) is 5.75 Å². The van der Waals surface area contributed by atoms with E-state index in [0.29, 0.717) is 5.82 Å². The molecule has 0 bridgehead atoms. The van der Waals surface area contributed by atoms with Crippen molar-refractivity contribution in [2.24, 2.45) is 0 Å². The second-order valence-electron chi connectivity index (χ2n) is 3.83. The molecule has 0 atom stereocenters. The first-order chi connectivity index (χ1) is 8.27. The van der Waals surface area contributed by atoms with Crippen molar-refractivity contribution in [1.29, 1.82) is 0 Å². The fraction of sp³-hybridized carbons (Fsp3) is 0.0769. The Hall–Kier alpha value is -2.36. The van der Waals surface area contributed by atoms with Gasteiger partial charge in [-0.2, -0.15) is 0 Å². The number of hydrogen-bond acceptors (Lipinski definition) is 3. The first-order valence-electron chi connectivity index (χ1n) is 5.36. The van der Waals surface area contributed by atoms with Gasteiger partial charge in [0.2, 0.25) is 0 Å². The van der Waals surface area contributed by atoms with Gasteiger partial charge in [-0.3, -0.25) is 4.57 Å². The van der Waals surface area contributed by atoms with Gasteiger partial charge in [0.05, 0.1) is 11.0 Å². The molecule has 1 N–H and O–H groups in total. The van der Waals surface area contributed by atoms with Gasteiger partial charge < -0.3 is 5.11 Å². The first-order valence-corrected chi connectivity index (χ1v) is 5.36. The molecular weight excluding hydrogens is 214 g/mol. The largest absolute Gasteiger partial charge is 0.504 e. The minimum Gasteiger partial charge on any atom is -0.504 e. The molecule has 17 heavy (non-hydrogen) atoms. The predicted octanol–water partition coefficient (Wildman–Crippen LogP) is 2.43. The van der Waals surface area contributed by atoms with Crippen LogP contribution in [0.3, 0.4) is 0 Å². The summed E-state index contributed by atoms with van der Waals surface area (Å²) in [4.78, 5) is 8.65. The van der Waals surface area contributed by atoms with E-state index in [9.17, 15) is 5.11 Å². The lowest BCUT2D eigenvalue weighted by atomic mass is 10.3. The van der Waals surface area contributed by atoms with Crippen LogP contribution in [0.25, 0.3) is 16.9 Å². The Labute approximate surface area is 98.2 Å². The number of imidazole rings is 1. The highest BCUT2D eigenvalue weighted by Gasteiger charge is 2.12. The van der Waals surface area contributed by atoms with E-state index in [2.05, 4.69) is 9.97 Å². The van der Waals surface area contributed by atoms with Gasteiger partial charge in [-0.1, -0.05) is 12.1 Å². The maximum atomic E-state index is 9.86. The molecule has 0 aliphatic rings. The first kappa shape index (κ1) is 9.84. The van der Waals surface area contributed by atoms with E-state index in [1.54, 1.807) is 18.3 Å². The van der Waals surface area contributed by atoms with Gasteiger partial charge in [0.15, 0.2) is 11.6 Å². The number of rotatable bonds is 1. The molecule has 2 heterocycles. The summed E-state index contributed by atoms with van der Waals surface area (Å²) in [5.74, 6) is 1.47. The number of pyridine rings is 1. The maximum Gasteiger partial charge on any atom is 0.181 e. The zero-order valence-corrected chi connectivity index (χ0v) is 9.33. The van der Waals surface area contributed by atoms with Crippen molar-refractivity contribution in [3.63, 3.8) is 0 Å². The molecule has 0 amide bonds. The van der Waals surface area contributed by atoms with Crippen LogP contribution in [0.15, 0.2) is 42.6 Å². The fourth-order valence-electron chi connectivity index (χ4n) is 1.97. The molecular formula is C13H11N3O. The van der Waals surface area contributed by atoms with Crippen molar-refractivity contribution in [3.05, 3.63) is 48.4 Å². The Morgan fingerprint density at radius 3 is 2.76 bits per heavy atom. The summed E-state index contributed by atoms with van der Waals surface area (Å²) < 4.78 is 1.85. The smallest absolute Gasteiger partial charge is 0.181 e. The minimum absolute atomic E-state index is 0.152. The summed E-state index contributed by atoms with van der Waals surface area (Å²) in [7, 11) is 0. The van der Waals surface area contributed by atoms with Crippen molar-refractivity contribution in [1.82, 2.24) is 14.5 Å². The van der Waals surface area contributed by atoms with Crippen LogP contribution < -0.4 is 0 Å². The van der Waals surface area contributed by atoms with Crippen molar-refractivity contribution < 1.29 is 5.11 Å². The highest BCUT2D eigenvalue weighted by molar-refractivity contribution is 5.78. The fourth-order valence-corrected chi connectivity index (χ4v) is 1.97. The van der Waals surface area contributed by atoms with Crippen LogP contribution in [-0.4, -0.2) is 19.6 Å². The zero-order chi connectivity index (χ0) is 11.8. The molecule has 0 unspecified atom stereocenters. The molecule has 2 aromatic heterocycles. The number of nitrogens with zero attached hydrogens (tertiary/aromatic N) is 3. The summed E-state index contributed by atoms with van der Waals surface area (Å²) in [6, 6.07) is 11.1. The summed E-state index contributed by atoms with van der Waals surface area (Å²) >= 11 is 0. The van der Waals surface area contributed by atoms with Gasteiger partial charge in [0, 0.05) is 6.20 Å². The molecule has 4 nitrogen and oxygen atoms in total. The summed E-state index contributed by atoms with van der Waals surface area (Å²) in [5, 5.41) is 9.86. The Morgan fingerprint density at radius 1 is 1.12 bits per heavy atom. The lowest BCUT2D eigenvalue weighted by Crippen LogP contribution is -1.99. The topological polar surface area (TPSA) is 50.9 Å². The molecule has 4 heteroatoms. The van der Waals surface area contributed by atoms with Gasteiger partial charge in [-0.15, -0.1) is 0 Å². The number of aryl methyl sites for hydroxylation is 1. The molecule has 0 saturated carbocycles. The van der Waals surface area contributed by atoms with Gasteiger partial charge in [0.1, 0.15) is 5.82 Å². The number of hydrogen-bond donors (Lipinski definition) is 1. The molecule has 84 valence electrons. The lowest BCUT2D eigenvalue weighted by molar-refractivity contribution is 0.469. The summed E-state index contributed by atoms with van der Waals surface area (Å²) in [6.07, 6.45) is 1.66. The normalized spacial score (nSPS) is 10.9. The third-order valence-corrected chi connectivity index (χ3v) is 2.71. The number of para-hydroxylation sites is 2. The molecule has 3 rings (SSSR count). The van der Waals surface area contributed by atoms with E-state index < -0.39 is 0 Å². The molecule has 0 aliphatic heterocycles. The van der Waals surface area contributed by atoms with E-state index in [4.69, 9.17) is 0 Å². The highest BCUT2D eigenvalue weighted by Crippen LogP contribution is 2.24. The van der Waals surface area contributed by atoms with Crippen LogP contribution in [-0.2, 0) is 0 Å². The van der Waals surface area contributed by atoms with Crippen LogP contribution >= 0.6 is 0 Å².